The molecule has 2 unspecified atom stereocenters. The van der Waals surface area contributed by atoms with E-state index in [0.29, 0.717) is 37.6 Å². The molecular weight excluding hydrogens is 398 g/mol. The van der Waals surface area contributed by atoms with Gasteiger partial charge < -0.3 is 25.0 Å². The summed E-state index contributed by atoms with van der Waals surface area (Å²) in [5, 5.41) is 5.53. The normalized spacial score (nSPS) is 20.8. The second-order valence-electron chi connectivity index (χ2n) is 7.66. The minimum absolute atomic E-state index is 0.00525. The van der Waals surface area contributed by atoms with E-state index in [1.54, 1.807) is 0 Å². The predicted octanol–water partition coefficient (Wildman–Crippen LogP) is 1.54. The molecule has 0 radical (unpaired) electrons. The molecule has 0 spiro atoms. The van der Waals surface area contributed by atoms with E-state index < -0.39 is 0 Å². The third kappa shape index (κ3) is 5.22. The molecule has 4 rings (SSSR count). The quantitative estimate of drug-likeness (QED) is 0.693. The van der Waals surface area contributed by atoms with E-state index in [1.165, 1.54) is 12.4 Å². The lowest BCUT2D eigenvalue weighted by molar-refractivity contribution is -0.119. The Morgan fingerprint density at radius 1 is 1.26 bits per heavy atom. The molecule has 0 aliphatic carbocycles. The average molecular weight is 425 g/mol. The van der Waals surface area contributed by atoms with Gasteiger partial charge in [-0.2, -0.15) is 0 Å². The minimum atomic E-state index is -0.277. The zero-order valence-electron chi connectivity index (χ0n) is 17.5. The molecule has 3 heterocycles. The van der Waals surface area contributed by atoms with Gasteiger partial charge >= 0.3 is 0 Å². The van der Waals surface area contributed by atoms with Crippen LogP contribution < -0.4 is 25.0 Å². The molecule has 2 aliphatic rings. The van der Waals surface area contributed by atoms with Crippen molar-refractivity contribution in [1.29, 1.82) is 0 Å². The number of nitrogens with zero attached hydrogens (tertiary/aromatic N) is 3. The lowest BCUT2D eigenvalue weighted by Gasteiger charge is -2.33. The number of benzene rings is 1. The summed E-state index contributed by atoms with van der Waals surface area (Å²) in [6.07, 6.45) is 5.23. The number of amides is 2. The second kappa shape index (κ2) is 9.63. The van der Waals surface area contributed by atoms with Crippen molar-refractivity contribution in [3.05, 3.63) is 42.2 Å². The molecule has 9 heteroatoms. The lowest BCUT2D eigenvalue weighted by Crippen LogP contribution is -2.42. The zero-order chi connectivity index (χ0) is 21.6. The Balaban J connectivity index is 1.36. The summed E-state index contributed by atoms with van der Waals surface area (Å²) < 4.78 is 11.9. The van der Waals surface area contributed by atoms with Crippen LogP contribution in [-0.2, 0) is 4.79 Å². The highest BCUT2D eigenvalue weighted by atomic mass is 16.5. The van der Waals surface area contributed by atoms with E-state index in [1.807, 2.05) is 31.2 Å². The molecule has 0 bridgehead atoms. The maximum atomic E-state index is 12.4. The summed E-state index contributed by atoms with van der Waals surface area (Å²) >= 11 is 0. The van der Waals surface area contributed by atoms with E-state index in [9.17, 15) is 9.59 Å². The first-order valence-electron chi connectivity index (χ1n) is 10.7. The highest BCUT2D eigenvalue weighted by molar-refractivity contribution is 5.94. The van der Waals surface area contributed by atoms with Gasteiger partial charge in [0.05, 0.1) is 24.8 Å². The number of piperidine rings is 1. The molecule has 2 aliphatic heterocycles. The van der Waals surface area contributed by atoms with Crippen LogP contribution in [-0.4, -0.2) is 60.2 Å². The van der Waals surface area contributed by atoms with E-state index in [0.717, 1.165) is 30.9 Å². The van der Waals surface area contributed by atoms with Crippen LogP contribution in [0.5, 0.6) is 11.5 Å². The number of carbonyl (C=O) groups is 2. The van der Waals surface area contributed by atoms with Crippen molar-refractivity contribution in [2.45, 2.75) is 38.3 Å². The van der Waals surface area contributed by atoms with Gasteiger partial charge in [0.2, 0.25) is 11.9 Å². The van der Waals surface area contributed by atoms with Crippen LogP contribution >= 0.6 is 0 Å². The van der Waals surface area contributed by atoms with Crippen molar-refractivity contribution < 1.29 is 19.1 Å². The van der Waals surface area contributed by atoms with Crippen LogP contribution in [0.3, 0.4) is 0 Å². The van der Waals surface area contributed by atoms with E-state index in [-0.39, 0.29) is 24.0 Å². The summed E-state index contributed by atoms with van der Waals surface area (Å²) in [5.41, 5.74) is 0.374. The van der Waals surface area contributed by atoms with E-state index >= 15 is 0 Å². The number of nitrogens with one attached hydrogen (secondary N) is 2. The summed E-state index contributed by atoms with van der Waals surface area (Å²) in [7, 11) is 0. The molecule has 1 aromatic carbocycles. The third-order valence-electron chi connectivity index (χ3n) is 5.32. The molecule has 0 saturated carbocycles. The average Bonchev–Trinajstić information content (AvgIpc) is 3.20. The van der Waals surface area contributed by atoms with E-state index in [2.05, 4.69) is 25.5 Å². The molecule has 2 saturated heterocycles. The molecule has 1 aromatic heterocycles. The number of hydrogen-bond acceptors (Lipinski definition) is 7. The standard InChI is InChI=1S/C22H27N5O4/c1-2-30-18-7-3-4-8-19(18)31-17-6-5-9-27(14-17)22-24-11-15(12-25-22)21(29)26-16-10-20(28)23-13-16/h3-4,7-8,11-12,16-17H,2,5-6,9-10,13-14H2,1H3,(H,23,28)(H,26,29). The fourth-order valence-corrected chi connectivity index (χ4v) is 3.80. The predicted molar refractivity (Wildman–Crippen MR) is 114 cm³/mol. The van der Waals surface area contributed by atoms with Crippen molar-refractivity contribution in [2.75, 3.05) is 31.1 Å². The number of aromatic nitrogens is 2. The molecule has 2 fully saturated rings. The van der Waals surface area contributed by atoms with Gasteiger partial charge in [-0.1, -0.05) is 12.1 Å². The molecule has 2 amide bonds. The first-order chi connectivity index (χ1) is 15.1. The van der Waals surface area contributed by atoms with Gasteiger partial charge in [-0.3, -0.25) is 9.59 Å². The monoisotopic (exact) mass is 425 g/mol. The number of hydrogen-bond donors (Lipinski definition) is 2. The van der Waals surface area contributed by atoms with Gasteiger partial charge in [0, 0.05) is 31.9 Å². The summed E-state index contributed by atoms with van der Waals surface area (Å²) in [4.78, 5) is 34.5. The first kappa shape index (κ1) is 20.9. The zero-order valence-corrected chi connectivity index (χ0v) is 17.5. The third-order valence-corrected chi connectivity index (χ3v) is 5.32. The second-order valence-corrected chi connectivity index (χ2v) is 7.66. The van der Waals surface area contributed by atoms with Crippen molar-refractivity contribution in [1.82, 2.24) is 20.6 Å². The van der Waals surface area contributed by atoms with Gasteiger partial charge in [0.1, 0.15) is 6.10 Å². The first-order valence-corrected chi connectivity index (χ1v) is 10.7. The molecule has 2 N–H and O–H groups in total. The van der Waals surface area contributed by atoms with Crippen molar-refractivity contribution in [3.8, 4) is 11.5 Å². The molecular formula is C22H27N5O4. The van der Waals surface area contributed by atoms with Gasteiger partial charge in [-0.25, -0.2) is 9.97 Å². The number of carbonyl (C=O) groups excluding carboxylic acids is 2. The Kier molecular flexibility index (Phi) is 6.49. The van der Waals surface area contributed by atoms with Crippen molar-refractivity contribution in [2.24, 2.45) is 0 Å². The van der Waals surface area contributed by atoms with Crippen LogP contribution in [0, 0.1) is 0 Å². The van der Waals surface area contributed by atoms with Crippen LogP contribution in [0.4, 0.5) is 5.95 Å². The molecule has 9 nitrogen and oxygen atoms in total. The Hall–Kier alpha value is -3.36. The van der Waals surface area contributed by atoms with E-state index in [4.69, 9.17) is 9.47 Å². The van der Waals surface area contributed by atoms with Crippen LogP contribution in [0.15, 0.2) is 36.7 Å². The Labute approximate surface area is 181 Å². The maximum absolute atomic E-state index is 12.4. The van der Waals surface area contributed by atoms with Gasteiger partial charge in [0.15, 0.2) is 11.5 Å². The lowest BCUT2D eigenvalue weighted by atomic mass is 10.1. The largest absolute Gasteiger partial charge is 0.490 e. The summed E-state index contributed by atoms with van der Waals surface area (Å²) in [5.74, 6) is 1.72. The highest BCUT2D eigenvalue weighted by Gasteiger charge is 2.26. The Morgan fingerprint density at radius 2 is 2.03 bits per heavy atom. The topological polar surface area (TPSA) is 106 Å². The summed E-state index contributed by atoms with van der Waals surface area (Å²) in [6.45, 7) is 4.46. The van der Waals surface area contributed by atoms with Crippen molar-refractivity contribution in [3.63, 3.8) is 0 Å². The Morgan fingerprint density at radius 3 is 2.74 bits per heavy atom. The summed E-state index contributed by atoms with van der Waals surface area (Å²) in [6, 6.07) is 7.49. The number of para-hydroxylation sites is 2. The van der Waals surface area contributed by atoms with Crippen LogP contribution in [0.1, 0.15) is 36.5 Å². The van der Waals surface area contributed by atoms with Gasteiger partial charge in [0.25, 0.3) is 5.91 Å². The highest BCUT2D eigenvalue weighted by Crippen LogP contribution is 2.29. The van der Waals surface area contributed by atoms with Crippen LogP contribution in [0.25, 0.3) is 0 Å². The number of anilines is 1. The SMILES string of the molecule is CCOc1ccccc1OC1CCCN(c2ncc(C(=O)NC3CNC(=O)C3)cn2)C1. The van der Waals surface area contributed by atoms with Crippen LogP contribution in [0.2, 0.25) is 0 Å². The maximum Gasteiger partial charge on any atom is 0.254 e. The Bertz CT molecular complexity index is 920. The van der Waals surface area contributed by atoms with Gasteiger partial charge in [-0.15, -0.1) is 0 Å². The van der Waals surface area contributed by atoms with Crippen molar-refractivity contribution >= 4 is 17.8 Å². The fraction of sp³-hybridized carbons (Fsp3) is 0.455. The number of rotatable bonds is 7. The molecule has 164 valence electrons. The molecule has 31 heavy (non-hydrogen) atoms. The molecule has 2 atom stereocenters. The van der Waals surface area contributed by atoms with Gasteiger partial charge in [-0.05, 0) is 31.9 Å². The smallest absolute Gasteiger partial charge is 0.254 e. The fourth-order valence-electron chi connectivity index (χ4n) is 3.80. The minimum Gasteiger partial charge on any atom is -0.490 e. The number of ether oxygens (including phenoxy) is 2. The molecule has 2 aromatic rings.